The highest BCUT2D eigenvalue weighted by Crippen LogP contribution is 2.17. The maximum atomic E-state index is 12.8. The number of hydrogen-bond acceptors (Lipinski definition) is 1. The van der Waals surface area contributed by atoms with Gasteiger partial charge in [-0.1, -0.05) is 37.9 Å². The van der Waals surface area contributed by atoms with E-state index < -0.39 is 0 Å². The van der Waals surface area contributed by atoms with Gasteiger partial charge in [0.25, 0.3) is 0 Å². The second-order valence-corrected chi connectivity index (χ2v) is 5.14. The molecule has 15 heavy (non-hydrogen) atoms. The van der Waals surface area contributed by atoms with E-state index in [1.165, 1.54) is 12.1 Å². The van der Waals surface area contributed by atoms with Crippen LogP contribution in [0.1, 0.15) is 18.9 Å². The van der Waals surface area contributed by atoms with Crippen molar-refractivity contribution in [3.63, 3.8) is 0 Å². The summed E-state index contributed by atoms with van der Waals surface area (Å²) in [6.07, 6.45) is 1.08. The standard InChI is InChI=1S/C11H14Br2FN/c1-8(4-5-12)15-7-9-2-3-10(14)6-11(9)13/h2-3,6,8,15H,4-5,7H2,1H3. The highest BCUT2D eigenvalue weighted by atomic mass is 79.9. The van der Waals surface area contributed by atoms with Crippen LogP contribution < -0.4 is 5.32 Å². The molecule has 0 aromatic heterocycles. The molecule has 0 radical (unpaired) electrons. The van der Waals surface area contributed by atoms with E-state index in [1.54, 1.807) is 6.07 Å². The van der Waals surface area contributed by atoms with E-state index in [1.807, 2.05) is 0 Å². The quantitative estimate of drug-likeness (QED) is 0.804. The molecule has 4 heteroatoms. The minimum atomic E-state index is -0.209. The third-order valence-electron chi connectivity index (χ3n) is 2.20. The lowest BCUT2D eigenvalue weighted by molar-refractivity contribution is 0.537. The van der Waals surface area contributed by atoms with E-state index >= 15 is 0 Å². The second kappa shape index (κ2) is 6.61. The molecule has 0 aliphatic carbocycles. The summed E-state index contributed by atoms with van der Waals surface area (Å²) in [4.78, 5) is 0. The van der Waals surface area contributed by atoms with Crippen LogP contribution >= 0.6 is 31.9 Å². The van der Waals surface area contributed by atoms with Crippen molar-refractivity contribution in [2.24, 2.45) is 0 Å². The fourth-order valence-electron chi connectivity index (χ4n) is 1.21. The van der Waals surface area contributed by atoms with E-state index in [0.29, 0.717) is 6.04 Å². The van der Waals surface area contributed by atoms with Crippen molar-refractivity contribution in [2.45, 2.75) is 25.9 Å². The Bertz CT molecular complexity index is 317. The van der Waals surface area contributed by atoms with Gasteiger partial charge in [0.2, 0.25) is 0 Å². The predicted molar refractivity (Wildman–Crippen MR) is 68.8 cm³/mol. The minimum Gasteiger partial charge on any atom is -0.310 e. The van der Waals surface area contributed by atoms with Crippen molar-refractivity contribution in [1.29, 1.82) is 0 Å². The Morgan fingerprint density at radius 1 is 1.47 bits per heavy atom. The molecule has 0 spiro atoms. The minimum absolute atomic E-state index is 0.209. The zero-order chi connectivity index (χ0) is 11.3. The number of benzene rings is 1. The largest absolute Gasteiger partial charge is 0.310 e. The number of halogens is 3. The Morgan fingerprint density at radius 2 is 2.20 bits per heavy atom. The molecule has 0 saturated carbocycles. The van der Waals surface area contributed by atoms with Crippen molar-refractivity contribution in [3.05, 3.63) is 34.1 Å². The molecule has 0 heterocycles. The van der Waals surface area contributed by atoms with E-state index in [4.69, 9.17) is 0 Å². The van der Waals surface area contributed by atoms with Gasteiger partial charge in [0.05, 0.1) is 0 Å². The number of nitrogens with one attached hydrogen (secondary N) is 1. The van der Waals surface area contributed by atoms with Gasteiger partial charge in [-0.3, -0.25) is 0 Å². The third kappa shape index (κ3) is 4.62. The molecule has 0 aliphatic rings. The summed E-state index contributed by atoms with van der Waals surface area (Å²) in [7, 11) is 0. The summed E-state index contributed by atoms with van der Waals surface area (Å²) in [6, 6.07) is 5.23. The molecule has 0 amide bonds. The SMILES string of the molecule is CC(CCBr)NCc1ccc(F)cc1Br. The van der Waals surface area contributed by atoms with Crippen molar-refractivity contribution < 1.29 is 4.39 Å². The Hall–Kier alpha value is 0.0700. The summed E-state index contributed by atoms with van der Waals surface area (Å²) in [5, 5.41) is 4.37. The second-order valence-electron chi connectivity index (χ2n) is 3.50. The molecule has 1 nitrogen and oxygen atoms in total. The summed E-state index contributed by atoms with van der Waals surface area (Å²) in [5.74, 6) is -0.209. The van der Waals surface area contributed by atoms with Gasteiger partial charge in [-0.25, -0.2) is 4.39 Å². The molecular weight excluding hydrogens is 325 g/mol. The highest BCUT2D eigenvalue weighted by molar-refractivity contribution is 9.10. The first-order valence-electron chi connectivity index (χ1n) is 4.86. The Morgan fingerprint density at radius 3 is 2.80 bits per heavy atom. The van der Waals surface area contributed by atoms with Crippen molar-refractivity contribution in [1.82, 2.24) is 5.32 Å². The van der Waals surface area contributed by atoms with E-state index in [9.17, 15) is 4.39 Å². The summed E-state index contributed by atoms with van der Waals surface area (Å²) in [6.45, 7) is 2.90. The molecule has 1 rings (SSSR count). The average molecular weight is 339 g/mol. The molecule has 1 aromatic rings. The van der Waals surface area contributed by atoms with E-state index in [-0.39, 0.29) is 5.82 Å². The van der Waals surface area contributed by atoms with E-state index in [2.05, 4.69) is 44.1 Å². The molecular formula is C11H14Br2FN. The smallest absolute Gasteiger partial charge is 0.124 e. The van der Waals surface area contributed by atoms with Gasteiger partial charge < -0.3 is 5.32 Å². The molecule has 1 N–H and O–H groups in total. The van der Waals surface area contributed by atoms with Crippen molar-refractivity contribution >= 4 is 31.9 Å². The van der Waals surface area contributed by atoms with Crippen LogP contribution in [0, 0.1) is 5.82 Å². The highest BCUT2D eigenvalue weighted by Gasteiger charge is 2.04. The lowest BCUT2D eigenvalue weighted by Gasteiger charge is -2.13. The van der Waals surface area contributed by atoms with E-state index in [0.717, 1.165) is 28.3 Å². The molecule has 0 aliphatic heterocycles. The van der Waals surface area contributed by atoms with Crippen molar-refractivity contribution in [2.75, 3.05) is 5.33 Å². The third-order valence-corrected chi connectivity index (χ3v) is 3.39. The van der Waals surface area contributed by atoms with Gasteiger partial charge in [-0.15, -0.1) is 0 Å². The van der Waals surface area contributed by atoms with Crippen LogP contribution in [0.2, 0.25) is 0 Å². The van der Waals surface area contributed by atoms with Gasteiger partial charge in [0.15, 0.2) is 0 Å². The van der Waals surface area contributed by atoms with Crippen LogP contribution in [0.4, 0.5) is 4.39 Å². The molecule has 0 saturated heterocycles. The zero-order valence-corrected chi connectivity index (χ0v) is 11.7. The normalized spacial score (nSPS) is 12.8. The van der Waals surface area contributed by atoms with Crippen LogP contribution in [0.25, 0.3) is 0 Å². The van der Waals surface area contributed by atoms with Crippen molar-refractivity contribution in [3.8, 4) is 0 Å². The lowest BCUT2D eigenvalue weighted by Crippen LogP contribution is -2.25. The first-order chi connectivity index (χ1) is 7.13. The average Bonchev–Trinajstić information content (AvgIpc) is 2.17. The lowest BCUT2D eigenvalue weighted by atomic mass is 10.2. The van der Waals surface area contributed by atoms with Gasteiger partial charge in [0, 0.05) is 22.4 Å². The first-order valence-corrected chi connectivity index (χ1v) is 6.78. The summed E-state index contributed by atoms with van der Waals surface area (Å²) in [5.41, 5.74) is 1.08. The maximum absolute atomic E-state index is 12.8. The molecule has 0 bridgehead atoms. The monoisotopic (exact) mass is 337 g/mol. The first kappa shape index (κ1) is 13.1. The molecule has 1 aromatic carbocycles. The van der Waals surface area contributed by atoms with Gasteiger partial charge in [-0.2, -0.15) is 0 Å². The summed E-state index contributed by atoms with van der Waals surface area (Å²) < 4.78 is 13.6. The van der Waals surface area contributed by atoms with Crippen LogP contribution in [-0.4, -0.2) is 11.4 Å². The fourth-order valence-corrected chi connectivity index (χ4v) is 2.39. The Kier molecular flexibility index (Phi) is 5.79. The number of hydrogen-bond donors (Lipinski definition) is 1. The molecule has 0 fully saturated rings. The van der Waals surface area contributed by atoms with Crippen LogP contribution in [0.15, 0.2) is 22.7 Å². The van der Waals surface area contributed by atoms with Crippen LogP contribution in [0.3, 0.4) is 0 Å². The maximum Gasteiger partial charge on any atom is 0.124 e. The molecule has 1 atom stereocenters. The van der Waals surface area contributed by atoms with Gasteiger partial charge in [0.1, 0.15) is 5.82 Å². The molecule has 84 valence electrons. The molecule has 1 unspecified atom stereocenters. The Balaban J connectivity index is 2.50. The van der Waals surface area contributed by atoms with Crippen LogP contribution in [-0.2, 0) is 6.54 Å². The fraction of sp³-hybridized carbons (Fsp3) is 0.455. The summed E-state index contributed by atoms with van der Waals surface area (Å²) >= 11 is 6.75. The zero-order valence-electron chi connectivity index (χ0n) is 8.56. The predicted octanol–water partition coefficient (Wildman–Crippen LogP) is 3.85. The van der Waals surface area contributed by atoms with Gasteiger partial charge in [-0.05, 0) is 31.0 Å². The van der Waals surface area contributed by atoms with Gasteiger partial charge >= 0.3 is 0 Å². The topological polar surface area (TPSA) is 12.0 Å². The van der Waals surface area contributed by atoms with Crippen LogP contribution in [0.5, 0.6) is 0 Å². The Labute approximate surface area is 107 Å². The number of alkyl halides is 1. The number of rotatable bonds is 5.